The molecule has 1 aliphatic rings. The van der Waals surface area contributed by atoms with E-state index in [1.54, 1.807) is 6.20 Å². The van der Waals surface area contributed by atoms with Crippen molar-refractivity contribution < 1.29 is 9.31 Å². The molecule has 0 spiro atoms. The summed E-state index contributed by atoms with van der Waals surface area (Å²) >= 11 is 0. The third-order valence-corrected chi connectivity index (χ3v) is 4.61. The van der Waals surface area contributed by atoms with Crippen LogP contribution in [-0.4, -0.2) is 23.3 Å². The van der Waals surface area contributed by atoms with E-state index in [1.165, 1.54) is 0 Å². The first kappa shape index (κ1) is 14.5. The first-order valence-corrected chi connectivity index (χ1v) is 7.27. The Hall–Kier alpha value is -1.43. The third kappa shape index (κ3) is 2.35. The lowest BCUT2D eigenvalue weighted by atomic mass is 9.74. The highest BCUT2D eigenvalue weighted by Gasteiger charge is 2.53. The van der Waals surface area contributed by atoms with E-state index in [0.29, 0.717) is 0 Å². The van der Waals surface area contributed by atoms with Crippen LogP contribution >= 0.6 is 0 Å². The highest BCUT2D eigenvalue weighted by molar-refractivity contribution is 6.47. The summed E-state index contributed by atoms with van der Waals surface area (Å²) in [5.41, 5.74) is 7.61. The molecular formula is C16H21BN2O2. The molecule has 5 heteroatoms. The Bertz CT molecular complexity index is 651. The van der Waals surface area contributed by atoms with E-state index in [4.69, 9.17) is 15.0 Å². The van der Waals surface area contributed by atoms with Crippen LogP contribution in [0.3, 0.4) is 0 Å². The molecule has 0 aliphatic carbocycles. The zero-order chi connectivity index (χ0) is 15.3. The van der Waals surface area contributed by atoms with Gasteiger partial charge in [0, 0.05) is 11.6 Å². The normalized spacial score (nSPS) is 21.7. The van der Waals surface area contributed by atoms with Crippen molar-refractivity contribution in [3.05, 3.63) is 42.1 Å². The number of pyridine rings is 1. The maximum absolute atomic E-state index is 6.43. The van der Waals surface area contributed by atoms with Gasteiger partial charge in [-0.3, -0.25) is 4.98 Å². The van der Waals surface area contributed by atoms with Crippen LogP contribution in [0.1, 0.15) is 39.2 Å². The van der Waals surface area contributed by atoms with Crippen molar-refractivity contribution in [1.82, 2.24) is 4.98 Å². The number of hydrogen-bond acceptors (Lipinski definition) is 4. The second kappa shape index (κ2) is 4.80. The summed E-state index contributed by atoms with van der Waals surface area (Å²) in [5, 5.41) is 1.04. The number of nitrogens with two attached hydrogens (primary N) is 1. The molecule has 2 heterocycles. The van der Waals surface area contributed by atoms with Crippen LogP contribution in [0, 0.1) is 0 Å². The molecule has 1 fully saturated rings. The van der Waals surface area contributed by atoms with Gasteiger partial charge in [-0.05, 0) is 45.4 Å². The minimum atomic E-state index is -0.458. The second-order valence-corrected chi connectivity index (χ2v) is 6.57. The number of rotatable bonds is 2. The number of benzene rings is 1. The summed E-state index contributed by atoms with van der Waals surface area (Å²) in [6.45, 7) is 8.13. The molecular weight excluding hydrogens is 263 g/mol. The molecule has 1 saturated heterocycles. The van der Waals surface area contributed by atoms with Crippen molar-refractivity contribution in [3.8, 4) is 0 Å². The van der Waals surface area contributed by atoms with Gasteiger partial charge in [0.25, 0.3) is 0 Å². The predicted octanol–water partition coefficient (Wildman–Crippen LogP) is 2.87. The van der Waals surface area contributed by atoms with Gasteiger partial charge < -0.3 is 15.0 Å². The van der Waals surface area contributed by atoms with Crippen LogP contribution in [-0.2, 0) is 9.31 Å². The molecule has 21 heavy (non-hydrogen) atoms. The second-order valence-electron chi connectivity index (χ2n) is 6.57. The number of hydrogen-bond donors (Lipinski definition) is 1. The molecule has 4 nitrogen and oxygen atoms in total. The third-order valence-electron chi connectivity index (χ3n) is 4.61. The summed E-state index contributed by atoms with van der Waals surface area (Å²) in [4.78, 5) is 4.37. The monoisotopic (exact) mass is 284 g/mol. The molecule has 2 aromatic rings. The minimum absolute atomic E-state index is 0.348. The van der Waals surface area contributed by atoms with Crippen molar-refractivity contribution >= 4 is 18.0 Å². The fourth-order valence-electron chi connectivity index (χ4n) is 2.59. The summed E-state index contributed by atoms with van der Waals surface area (Å²) < 4.78 is 12.1. The van der Waals surface area contributed by atoms with Crippen molar-refractivity contribution in [3.63, 3.8) is 0 Å². The molecule has 0 radical (unpaired) electrons. The van der Waals surface area contributed by atoms with Gasteiger partial charge in [-0.1, -0.05) is 18.2 Å². The molecule has 0 bridgehead atoms. The fourth-order valence-corrected chi connectivity index (χ4v) is 2.59. The summed E-state index contributed by atoms with van der Waals surface area (Å²) in [6.07, 6.45) is 1.78. The Kier molecular flexibility index (Phi) is 3.32. The lowest BCUT2D eigenvalue weighted by Gasteiger charge is -2.32. The molecule has 110 valence electrons. The van der Waals surface area contributed by atoms with Gasteiger partial charge in [0.1, 0.15) is 0 Å². The van der Waals surface area contributed by atoms with Crippen LogP contribution in [0.5, 0.6) is 0 Å². The average molecular weight is 284 g/mol. The van der Waals surface area contributed by atoms with E-state index in [0.717, 1.165) is 16.5 Å². The highest BCUT2D eigenvalue weighted by atomic mass is 16.7. The molecule has 0 saturated carbocycles. The standard InChI is InChI=1S/C16H21BN2O2/c1-15(2)16(3,4)21-17(20-15)14(18)12-9-10-19-13-8-6-5-7-11(12)13/h5-10,14H,18H2,1-4H3/t14-/m0/s1. The SMILES string of the molecule is CC1(C)OB([C@@H](N)c2ccnc3ccccc23)OC1(C)C. The van der Waals surface area contributed by atoms with E-state index in [-0.39, 0.29) is 17.1 Å². The average Bonchev–Trinajstić information content (AvgIpc) is 2.66. The fraction of sp³-hybridized carbons (Fsp3) is 0.438. The molecule has 0 unspecified atom stereocenters. The first-order valence-electron chi connectivity index (χ1n) is 7.27. The van der Waals surface area contributed by atoms with Crippen molar-refractivity contribution in [2.75, 3.05) is 0 Å². The maximum atomic E-state index is 6.43. The number of fused-ring (bicyclic) bond motifs is 1. The zero-order valence-corrected chi connectivity index (χ0v) is 13.0. The maximum Gasteiger partial charge on any atom is 0.480 e. The lowest BCUT2D eigenvalue weighted by molar-refractivity contribution is 0.00578. The summed E-state index contributed by atoms with van der Waals surface area (Å²) in [6, 6.07) is 9.92. The van der Waals surface area contributed by atoms with Crippen molar-refractivity contribution in [1.29, 1.82) is 0 Å². The Morgan fingerprint density at radius 3 is 2.33 bits per heavy atom. The molecule has 1 atom stereocenters. The van der Waals surface area contributed by atoms with Crippen molar-refractivity contribution in [2.45, 2.75) is 44.8 Å². The van der Waals surface area contributed by atoms with Gasteiger partial charge in [0.05, 0.1) is 22.7 Å². The van der Waals surface area contributed by atoms with Gasteiger partial charge in [-0.2, -0.15) is 0 Å². The van der Waals surface area contributed by atoms with Crippen LogP contribution in [0.4, 0.5) is 0 Å². The van der Waals surface area contributed by atoms with Gasteiger partial charge in [-0.25, -0.2) is 0 Å². The highest BCUT2D eigenvalue weighted by Crippen LogP contribution is 2.40. The Balaban J connectivity index is 1.97. The quantitative estimate of drug-likeness (QED) is 0.861. The Labute approximate surface area is 125 Å². The lowest BCUT2D eigenvalue weighted by Crippen LogP contribution is -2.41. The van der Waals surface area contributed by atoms with Crippen LogP contribution < -0.4 is 5.73 Å². The molecule has 0 amide bonds. The number of nitrogens with zero attached hydrogens (tertiary/aromatic N) is 1. The molecule has 1 aliphatic heterocycles. The van der Waals surface area contributed by atoms with E-state index in [2.05, 4.69) is 4.98 Å². The minimum Gasteiger partial charge on any atom is -0.402 e. The predicted molar refractivity (Wildman–Crippen MR) is 84.8 cm³/mol. The topological polar surface area (TPSA) is 57.4 Å². The molecule has 2 N–H and O–H groups in total. The smallest absolute Gasteiger partial charge is 0.402 e. The van der Waals surface area contributed by atoms with Crippen LogP contribution in [0.25, 0.3) is 10.9 Å². The Morgan fingerprint density at radius 1 is 1.05 bits per heavy atom. The van der Waals surface area contributed by atoms with Crippen LogP contribution in [0.2, 0.25) is 0 Å². The number of aromatic nitrogens is 1. The summed E-state index contributed by atoms with van der Waals surface area (Å²) in [5.74, 6) is -0.348. The molecule has 1 aromatic carbocycles. The Morgan fingerprint density at radius 2 is 1.67 bits per heavy atom. The van der Waals surface area contributed by atoms with Gasteiger partial charge in [0.15, 0.2) is 0 Å². The molecule has 1 aromatic heterocycles. The van der Waals surface area contributed by atoms with Crippen LogP contribution in [0.15, 0.2) is 36.5 Å². The van der Waals surface area contributed by atoms with E-state index >= 15 is 0 Å². The van der Waals surface area contributed by atoms with E-state index in [1.807, 2.05) is 58.0 Å². The molecule has 3 rings (SSSR count). The van der Waals surface area contributed by atoms with Gasteiger partial charge in [0.2, 0.25) is 0 Å². The zero-order valence-electron chi connectivity index (χ0n) is 13.0. The van der Waals surface area contributed by atoms with Gasteiger partial charge in [-0.15, -0.1) is 0 Å². The van der Waals surface area contributed by atoms with E-state index < -0.39 is 7.12 Å². The largest absolute Gasteiger partial charge is 0.480 e. The first-order chi connectivity index (χ1) is 9.82. The summed E-state index contributed by atoms with van der Waals surface area (Å²) in [7, 11) is -0.458. The van der Waals surface area contributed by atoms with Gasteiger partial charge >= 0.3 is 7.12 Å². The number of para-hydroxylation sites is 1. The van der Waals surface area contributed by atoms with E-state index in [9.17, 15) is 0 Å². The van der Waals surface area contributed by atoms with Crippen molar-refractivity contribution in [2.24, 2.45) is 5.73 Å².